The average molecular weight is 358 g/mol. The van der Waals surface area contributed by atoms with E-state index in [4.69, 9.17) is 9.47 Å². The van der Waals surface area contributed by atoms with Gasteiger partial charge in [-0.15, -0.1) is 0 Å². The second kappa shape index (κ2) is 7.74. The zero-order valence-corrected chi connectivity index (χ0v) is 15.9. The zero-order chi connectivity index (χ0) is 18.5. The second-order valence-corrected chi connectivity index (χ2v) is 8.29. The monoisotopic (exact) mass is 358 g/mol. The molecule has 1 aromatic carbocycles. The number of nitrogens with one attached hydrogen (secondary N) is 1. The quantitative estimate of drug-likeness (QED) is 0.801. The molecule has 8 heteroatoms. The van der Waals surface area contributed by atoms with Crippen molar-refractivity contribution in [1.29, 1.82) is 0 Å². The Bertz CT molecular complexity index is 680. The van der Waals surface area contributed by atoms with Crippen LogP contribution in [0.15, 0.2) is 18.2 Å². The molecular formula is C16H26N2O5S. The van der Waals surface area contributed by atoms with Gasteiger partial charge in [0.1, 0.15) is 11.5 Å². The summed E-state index contributed by atoms with van der Waals surface area (Å²) in [7, 11) is -0.597. The maximum Gasteiger partial charge on any atom is 0.232 e. The minimum Gasteiger partial charge on any atom is -0.497 e. The maximum atomic E-state index is 12.2. The molecule has 1 N–H and O–H groups in total. The molecule has 0 spiro atoms. The molecule has 7 nitrogen and oxygen atoms in total. The van der Waals surface area contributed by atoms with E-state index in [9.17, 15) is 13.2 Å². The number of nitrogens with zero attached hydrogens (tertiary/aromatic N) is 1. The third-order valence-electron chi connectivity index (χ3n) is 3.34. The van der Waals surface area contributed by atoms with Crippen molar-refractivity contribution in [3.05, 3.63) is 18.2 Å². The molecule has 0 aliphatic heterocycles. The van der Waals surface area contributed by atoms with E-state index in [0.29, 0.717) is 17.2 Å². The molecule has 1 amide bonds. The lowest BCUT2D eigenvalue weighted by atomic mass is 9.96. The third-order valence-corrected chi connectivity index (χ3v) is 4.52. The van der Waals surface area contributed by atoms with Crippen LogP contribution in [-0.2, 0) is 14.8 Å². The number of anilines is 1. The van der Waals surface area contributed by atoms with Crippen molar-refractivity contribution in [3.8, 4) is 11.5 Å². The Morgan fingerprint density at radius 3 is 2.29 bits per heavy atom. The summed E-state index contributed by atoms with van der Waals surface area (Å²) in [6, 6.07) is 4.91. The van der Waals surface area contributed by atoms with Crippen molar-refractivity contribution < 1.29 is 22.7 Å². The van der Waals surface area contributed by atoms with Crippen LogP contribution >= 0.6 is 0 Å². The summed E-state index contributed by atoms with van der Waals surface area (Å²) in [5.74, 6) is 0.773. The molecule has 0 bridgehead atoms. The number of benzene rings is 1. The molecule has 0 saturated carbocycles. The highest BCUT2D eigenvalue weighted by atomic mass is 32.2. The number of hydrogen-bond acceptors (Lipinski definition) is 5. The van der Waals surface area contributed by atoms with Crippen LogP contribution in [-0.4, -0.2) is 47.9 Å². The second-order valence-electron chi connectivity index (χ2n) is 6.38. The number of amides is 1. The number of carbonyl (C=O) groups excluding carboxylic acids is 1. The summed E-state index contributed by atoms with van der Waals surface area (Å²) in [5.41, 5.74) is -0.173. The largest absolute Gasteiger partial charge is 0.497 e. The van der Waals surface area contributed by atoms with Crippen molar-refractivity contribution in [2.24, 2.45) is 5.41 Å². The van der Waals surface area contributed by atoms with Gasteiger partial charge in [-0.25, -0.2) is 8.42 Å². The molecule has 0 unspecified atom stereocenters. The third kappa shape index (κ3) is 5.30. The van der Waals surface area contributed by atoms with E-state index in [0.717, 1.165) is 6.26 Å². The van der Waals surface area contributed by atoms with E-state index in [1.165, 1.54) is 18.5 Å². The molecule has 0 fully saturated rings. The first-order chi connectivity index (χ1) is 11.0. The van der Waals surface area contributed by atoms with Gasteiger partial charge in [0, 0.05) is 18.0 Å². The molecule has 0 aliphatic carbocycles. The molecule has 24 heavy (non-hydrogen) atoms. The van der Waals surface area contributed by atoms with Crippen LogP contribution < -0.4 is 19.1 Å². The van der Waals surface area contributed by atoms with E-state index in [-0.39, 0.29) is 19.0 Å². The Kier molecular flexibility index (Phi) is 6.48. The topological polar surface area (TPSA) is 84.9 Å². The minimum atomic E-state index is -3.56. The number of sulfonamides is 1. The molecule has 1 rings (SSSR count). The molecule has 0 aliphatic rings. The van der Waals surface area contributed by atoms with Gasteiger partial charge in [0.05, 0.1) is 32.7 Å². The van der Waals surface area contributed by atoms with E-state index < -0.39 is 15.4 Å². The summed E-state index contributed by atoms with van der Waals surface area (Å²) in [6.07, 6.45) is 1.11. The van der Waals surface area contributed by atoms with Gasteiger partial charge < -0.3 is 14.8 Å². The normalized spacial score (nSPS) is 11.8. The predicted molar refractivity (Wildman–Crippen MR) is 94.2 cm³/mol. The van der Waals surface area contributed by atoms with Gasteiger partial charge in [-0.3, -0.25) is 9.10 Å². The number of carbonyl (C=O) groups is 1. The maximum absolute atomic E-state index is 12.2. The van der Waals surface area contributed by atoms with E-state index in [1.807, 2.05) is 0 Å². The van der Waals surface area contributed by atoms with Crippen LogP contribution in [0.3, 0.4) is 0 Å². The highest BCUT2D eigenvalue weighted by Gasteiger charge is 2.24. The van der Waals surface area contributed by atoms with E-state index in [2.05, 4.69) is 5.32 Å². The Labute approximate surface area is 144 Å². The standard InChI is InChI=1S/C16H26N2O5S/c1-16(2,3)15(19)17-9-10-18(24(6,20)21)13-11-12(22-4)7-8-14(13)23-5/h7-8,11H,9-10H2,1-6H3,(H,17,19). The van der Waals surface area contributed by atoms with Crippen LogP contribution in [0.5, 0.6) is 11.5 Å². The molecule has 0 aromatic heterocycles. The average Bonchev–Trinajstić information content (AvgIpc) is 2.48. The van der Waals surface area contributed by atoms with Crippen LogP contribution in [0.25, 0.3) is 0 Å². The lowest BCUT2D eigenvalue weighted by Crippen LogP contribution is -2.41. The number of hydrogen-bond donors (Lipinski definition) is 1. The van der Waals surface area contributed by atoms with E-state index in [1.54, 1.807) is 39.0 Å². The van der Waals surface area contributed by atoms with Crippen LogP contribution in [0.2, 0.25) is 0 Å². The molecular weight excluding hydrogens is 332 g/mol. The van der Waals surface area contributed by atoms with Crippen LogP contribution in [0, 0.1) is 5.41 Å². The minimum absolute atomic E-state index is 0.0875. The highest BCUT2D eigenvalue weighted by Crippen LogP contribution is 2.33. The van der Waals surface area contributed by atoms with Gasteiger partial charge in [0.25, 0.3) is 0 Å². The first kappa shape index (κ1) is 20.1. The smallest absolute Gasteiger partial charge is 0.232 e. The fourth-order valence-electron chi connectivity index (χ4n) is 1.99. The highest BCUT2D eigenvalue weighted by molar-refractivity contribution is 7.92. The summed E-state index contributed by atoms with van der Waals surface area (Å²) >= 11 is 0. The Balaban J connectivity index is 3.06. The number of methoxy groups -OCH3 is 2. The number of ether oxygens (including phenoxy) is 2. The van der Waals surface area contributed by atoms with Crippen LogP contribution in [0.4, 0.5) is 5.69 Å². The summed E-state index contributed by atoms with van der Waals surface area (Å²) in [6.45, 7) is 5.65. The number of rotatable bonds is 7. The Hall–Kier alpha value is -1.96. The van der Waals surface area contributed by atoms with Gasteiger partial charge in [-0.1, -0.05) is 20.8 Å². The summed E-state index contributed by atoms with van der Waals surface area (Å²) < 4.78 is 36.0. The summed E-state index contributed by atoms with van der Waals surface area (Å²) in [4.78, 5) is 11.9. The first-order valence-electron chi connectivity index (χ1n) is 7.48. The molecule has 136 valence electrons. The Morgan fingerprint density at radius 2 is 1.83 bits per heavy atom. The van der Waals surface area contributed by atoms with Gasteiger partial charge in [-0.2, -0.15) is 0 Å². The molecule has 0 heterocycles. The predicted octanol–water partition coefficient (Wildman–Crippen LogP) is 1.63. The van der Waals surface area contributed by atoms with Crippen molar-refractivity contribution in [2.45, 2.75) is 20.8 Å². The van der Waals surface area contributed by atoms with Gasteiger partial charge in [-0.05, 0) is 12.1 Å². The molecule has 0 saturated heterocycles. The van der Waals surface area contributed by atoms with Crippen LogP contribution in [0.1, 0.15) is 20.8 Å². The first-order valence-corrected chi connectivity index (χ1v) is 9.33. The lowest BCUT2D eigenvalue weighted by molar-refractivity contribution is -0.128. The van der Waals surface area contributed by atoms with Crippen molar-refractivity contribution in [2.75, 3.05) is 37.9 Å². The lowest BCUT2D eigenvalue weighted by Gasteiger charge is -2.25. The fourth-order valence-corrected chi connectivity index (χ4v) is 2.92. The molecule has 1 aromatic rings. The van der Waals surface area contributed by atoms with Crippen molar-refractivity contribution in [1.82, 2.24) is 5.32 Å². The van der Waals surface area contributed by atoms with Crippen molar-refractivity contribution in [3.63, 3.8) is 0 Å². The fraction of sp³-hybridized carbons (Fsp3) is 0.562. The van der Waals surface area contributed by atoms with Gasteiger partial charge >= 0.3 is 0 Å². The van der Waals surface area contributed by atoms with E-state index >= 15 is 0 Å². The molecule has 0 radical (unpaired) electrons. The zero-order valence-electron chi connectivity index (χ0n) is 15.0. The Morgan fingerprint density at radius 1 is 1.21 bits per heavy atom. The SMILES string of the molecule is COc1ccc(OC)c(N(CCNC(=O)C(C)(C)C)S(C)(=O)=O)c1. The van der Waals surface area contributed by atoms with Gasteiger partial charge in [0.15, 0.2) is 0 Å². The van der Waals surface area contributed by atoms with Gasteiger partial charge in [0.2, 0.25) is 15.9 Å². The summed E-state index contributed by atoms with van der Waals surface area (Å²) in [5, 5.41) is 2.74. The van der Waals surface area contributed by atoms with Crippen molar-refractivity contribution >= 4 is 21.6 Å². The molecule has 0 atom stereocenters.